The second-order valence-corrected chi connectivity index (χ2v) is 10.3. The van der Waals surface area contributed by atoms with Crippen molar-refractivity contribution in [1.82, 2.24) is 24.1 Å². The molecule has 1 N–H and O–H groups in total. The van der Waals surface area contributed by atoms with Gasteiger partial charge < -0.3 is 14.8 Å². The maximum Gasteiger partial charge on any atom is 0.258 e. The minimum absolute atomic E-state index is 0.00960. The first-order valence-corrected chi connectivity index (χ1v) is 12.7. The van der Waals surface area contributed by atoms with Crippen LogP contribution in [0.2, 0.25) is 0 Å². The van der Waals surface area contributed by atoms with E-state index in [0.29, 0.717) is 16.7 Å². The Labute approximate surface area is 203 Å². The zero-order valence-electron chi connectivity index (χ0n) is 19.4. The maximum absolute atomic E-state index is 12.7. The Morgan fingerprint density at radius 1 is 0.971 bits per heavy atom. The van der Waals surface area contributed by atoms with Crippen LogP contribution in [0.25, 0.3) is 10.9 Å². The maximum atomic E-state index is 12.7. The van der Waals surface area contributed by atoms with Gasteiger partial charge in [0.15, 0.2) is 0 Å². The number of rotatable bonds is 7. The molecule has 1 aromatic heterocycles. The number of carbonyl (C=O) groups is 2. The molecule has 3 aromatic rings. The Morgan fingerprint density at radius 2 is 1.63 bits per heavy atom. The number of aromatic amines is 1. The number of hydrogen-bond acceptors (Lipinski definition) is 6. The highest BCUT2D eigenvalue weighted by molar-refractivity contribution is 7.89. The fraction of sp³-hybridized carbons (Fsp3) is 0.333. The highest BCUT2D eigenvalue weighted by Crippen LogP contribution is 2.18. The second-order valence-electron chi connectivity index (χ2n) is 8.38. The number of piperazine rings is 1. The predicted octanol–water partition coefficient (Wildman–Crippen LogP) is 1.19. The highest BCUT2D eigenvalue weighted by atomic mass is 32.2. The number of fused-ring (bicyclic) bond motifs is 1. The Balaban J connectivity index is 1.27. The van der Waals surface area contributed by atoms with Crippen LogP contribution in [-0.4, -0.2) is 77.5 Å². The molecule has 0 radical (unpaired) electrons. The van der Waals surface area contributed by atoms with E-state index in [1.165, 1.54) is 9.21 Å². The average Bonchev–Trinajstić information content (AvgIpc) is 2.87. The number of H-pyrrole nitrogens is 1. The Bertz CT molecular complexity index is 1380. The van der Waals surface area contributed by atoms with Crippen LogP contribution in [0.15, 0.2) is 64.3 Å². The first kappa shape index (κ1) is 24.6. The molecule has 2 amide bonds. The summed E-state index contributed by atoms with van der Waals surface area (Å²) in [5.41, 5.74) is 0.283. The van der Waals surface area contributed by atoms with Crippen LogP contribution in [0.1, 0.15) is 18.7 Å². The van der Waals surface area contributed by atoms with Crippen molar-refractivity contribution in [2.75, 3.05) is 33.2 Å². The number of benzene rings is 2. The summed E-state index contributed by atoms with van der Waals surface area (Å²) in [7, 11) is -2.00. The Morgan fingerprint density at radius 3 is 2.34 bits per heavy atom. The third-order valence-corrected chi connectivity index (χ3v) is 7.91. The van der Waals surface area contributed by atoms with Gasteiger partial charge in [-0.15, -0.1) is 0 Å². The Kier molecular flexibility index (Phi) is 7.27. The van der Waals surface area contributed by atoms with Crippen molar-refractivity contribution in [2.24, 2.45) is 0 Å². The van der Waals surface area contributed by atoms with E-state index in [1.807, 2.05) is 0 Å². The van der Waals surface area contributed by atoms with Gasteiger partial charge in [-0.25, -0.2) is 13.4 Å². The lowest BCUT2D eigenvalue weighted by Gasteiger charge is -2.34. The van der Waals surface area contributed by atoms with E-state index in [2.05, 4.69) is 9.97 Å². The quantitative estimate of drug-likeness (QED) is 0.523. The number of amides is 2. The molecule has 1 saturated heterocycles. The summed E-state index contributed by atoms with van der Waals surface area (Å²) < 4.78 is 26.9. The van der Waals surface area contributed by atoms with Gasteiger partial charge in [0, 0.05) is 46.1 Å². The van der Waals surface area contributed by atoms with E-state index >= 15 is 0 Å². The van der Waals surface area contributed by atoms with Crippen LogP contribution in [-0.2, 0) is 26.2 Å². The molecule has 184 valence electrons. The van der Waals surface area contributed by atoms with E-state index in [9.17, 15) is 22.8 Å². The zero-order chi connectivity index (χ0) is 25.0. The van der Waals surface area contributed by atoms with Gasteiger partial charge in [0.05, 0.1) is 22.3 Å². The van der Waals surface area contributed by atoms with Crippen LogP contribution >= 0.6 is 0 Å². The normalized spacial score (nSPS) is 14.7. The first-order chi connectivity index (χ1) is 16.8. The summed E-state index contributed by atoms with van der Waals surface area (Å²) in [5.74, 6) is -0.0770. The predicted molar refractivity (Wildman–Crippen MR) is 130 cm³/mol. The van der Waals surface area contributed by atoms with Crippen molar-refractivity contribution in [1.29, 1.82) is 0 Å². The van der Waals surface area contributed by atoms with Gasteiger partial charge in [-0.3, -0.25) is 14.4 Å². The van der Waals surface area contributed by atoms with Gasteiger partial charge >= 0.3 is 0 Å². The third kappa shape index (κ3) is 5.57. The molecule has 11 heteroatoms. The van der Waals surface area contributed by atoms with E-state index < -0.39 is 10.0 Å². The first-order valence-electron chi connectivity index (χ1n) is 11.3. The van der Waals surface area contributed by atoms with Gasteiger partial charge in [0.1, 0.15) is 5.82 Å². The molecule has 0 aliphatic carbocycles. The van der Waals surface area contributed by atoms with Gasteiger partial charge in [-0.05, 0) is 24.3 Å². The van der Waals surface area contributed by atoms with Crippen LogP contribution in [0, 0.1) is 0 Å². The lowest BCUT2D eigenvalue weighted by molar-refractivity contribution is -0.137. The minimum atomic E-state index is -3.59. The largest absolute Gasteiger partial charge is 0.340 e. The van der Waals surface area contributed by atoms with Crippen molar-refractivity contribution in [3.8, 4) is 0 Å². The summed E-state index contributed by atoms with van der Waals surface area (Å²) in [4.78, 5) is 47.7. The lowest BCUT2D eigenvalue weighted by atomic mass is 10.2. The molecule has 0 saturated carbocycles. The summed E-state index contributed by atoms with van der Waals surface area (Å²) >= 11 is 0. The van der Waals surface area contributed by atoms with Gasteiger partial charge in [0.2, 0.25) is 21.8 Å². The lowest BCUT2D eigenvalue weighted by Crippen LogP contribution is -2.50. The molecule has 35 heavy (non-hydrogen) atoms. The van der Waals surface area contributed by atoms with Crippen LogP contribution in [0.5, 0.6) is 0 Å². The summed E-state index contributed by atoms with van der Waals surface area (Å²) in [5, 5.41) is 0.479. The molecule has 1 aliphatic heterocycles. The van der Waals surface area contributed by atoms with Gasteiger partial charge in [-0.2, -0.15) is 4.31 Å². The van der Waals surface area contributed by atoms with Crippen molar-refractivity contribution >= 4 is 32.7 Å². The number of carbonyl (C=O) groups excluding carboxylic acids is 2. The number of aromatic nitrogens is 2. The zero-order valence-corrected chi connectivity index (χ0v) is 20.2. The van der Waals surface area contributed by atoms with E-state index in [-0.39, 0.29) is 67.8 Å². The number of nitrogens with zero attached hydrogens (tertiary/aromatic N) is 4. The highest BCUT2D eigenvalue weighted by Gasteiger charge is 2.30. The number of hydrogen-bond donors (Lipinski definition) is 1. The van der Waals surface area contributed by atoms with E-state index in [1.54, 1.807) is 66.5 Å². The fourth-order valence-electron chi connectivity index (χ4n) is 4.00. The summed E-state index contributed by atoms with van der Waals surface area (Å²) in [6.07, 6.45) is 0.0337. The summed E-state index contributed by atoms with van der Waals surface area (Å²) in [6.45, 7) is 1.08. The summed E-state index contributed by atoms with van der Waals surface area (Å²) in [6, 6.07) is 15.2. The van der Waals surface area contributed by atoms with Crippen molar-refractivity contribution < 1.29 is 18.0 Å². The van der Waals surface area contributed by atoms with Crippen molar-refractivity contribution in [3.63, 3.8) is 0 Å². The van der Waals surface area contributed by atoms with Gasteiger partial charge in [-0.1, -0.05) is 30.3 Å². The second kappa shape index (κ2) is 10.4. The number of sulfonamides is 1. The van der Waals surface area contributed by atoms with Crippen LogP contribution < -0.4 is 5.56 Å². The van der Waals surface area contributed by atoms with Crippen LogP contribution in [0.3, 0.4) is 0 Å². The molecule has 2 heterocycles. The molecule has 0 bridgehead atoms. The molecular formula is C24H27N5O5S. The van der Waals surface area contributed by atoms with E-state index in [4.69, 9.17) is 0 Å². The smallest absolute Gasteiger partial charge is 0.258 e. The fourth-order valence-corrected chi connectivity index (χ4v) is 5.45. The van der Waals surface area contributed by atoms with Crippen LogP contribution in [0.4, 0.5) is 0 Å². The number of para-hydroxylation sites is 1. The standard InChI is InChI=1S/C24H27N5O5S/c1-27(17-21-25-20-10-6-5-9-19(20)24(32)26-21)22(30)11-12-23(31)28-13-15-29(16-14-28)35(33,34)18-7-3-2-4-8-18/h2-10H,11-17H2,1H3,(H,25,26,32). The van der Waals surface area contributed by atoms with Crippen molar-refractivity contribution in [2.45, 2.75) is 24.3 Å². The van der Waals surface area contributed by atoms with E-state index in [0.717, 1.165) is 0 Å². The molecule has 0 atom stereocenters. The SMILES string of the molecule is CN(Cc1nc2ccccc2c(=O)[nH]1)C(=O)CCC(=O)N1CCN(S(=O)(=O)c2ccccc2)CC1. The van der Waals surface area contributed by atoms with Crippen molar-refractivity contribution in [3.05, 3.63) is 70.8 Å². The third-order valence-electron chi connectivity index (χ3n) is 6.00. The Hall–Kier alpha value is -3.57. The molecule has 1 aliphatic rings. The average molecular weight is 498 g/mol. The molecule has 1 fully saturated rings. The minimum Gasteiger partial charge on any atom is -0.340 e. The molecule has 2 aromatic carbocycles. The molecule has 4 rings (SSSR count). The monoisotopic (exact) mass is 497 g/mol. The molecule has 0 spiro atoms. The molecular weight excluding hydrogens is 470 g/mol. The van der Waals surface area contributed by atoms with Gasteiger partial charge in [0.25, 0.3) is 5.56 Å². The number of nitrogens with one attached hydrogen (secondary N) is 1. The molecule has 10 nitrogen and oxygen atoms in total. The topological polar surface area (TPSA) is 124 Å². The molecule has 0 unspecified atom stereocenters.